The first-order chi connectivity index (χ1) is 10.3. The number of anilines is 1. The van der Waals surface area contributed by atoms with Crippen molar-refractivity contribution in [2.24, 2.45) is 0 Å². The molecule has 7 heteroatoms. The molecule has 0 atom stereocenters. The van der Waals surface area contributed by atoms with E-state index < -0.39 is 0 Å². The third-order valence-electron chi connectivity index (χ3n) is 2.69. The SMILES string of the molecule is O=C(CSc1ccccc1)Nc1nonc1-n1cccc1. The first-order valence-electron chi connectivity index (χ1n) is 6.26. The summed E-state index contributed by atoms with van der Waals surface area (Å²) in [6, 6.07) is 13.4. The van der Waals surface area contributed by atoms with E-state index in [0.717, 1.165) is 4.90 Å². The number of nitrogens with one attached hydrogen (secondary N) is 1. The van der Waals surface area contributed by atoms with Crippen molar-refractivity contribution in [3.63, 3.8) is 0 Å². The second-order valence-corrected chi connectivity index (χ2v) is 5.23. The summed E-state index contributed by atoms with van der Waals surface area (Å²) in [6.45, 7) is 0. The fourth-order valence-electron chi connectivity index (χ4n) is 1.74. The molecule has 0 saturated heterocycles. The summed E-state index contributed by atoms with van der Waals surface area (Å²) in [4.78, 5) is 13.0. The number of benzene rings is 1. The zero-order valence-electron chi connectivity index (χ0n) is 11.0. The minimum Gasteiger partial charge on any atom is -0.304 e. The summed E-state index contributed by atoms with van der Waals surface area (Å²) in [5.41, 5.74) is 0. The van der Waals surface area contributed by atoms with Gasteiger partial charge in [0.05, 0.1) is 5.75 Å². The average molecular weight is 300 g/mol. The van der Waals surface area contributed by atoms with Gasteiger partial charge < -0.3 is 9.88 Å². The topological polar surface area (TPSA) is 73.0 Å². The maximum Gasteiger partial charge on any atom is 0.236 e. The number of rotatable bonds is 5. The van der Waals surface area contributed by atoms with Crippen LogP contribution < -0.4 is 5.32 Å². The van der Waals surface area contributed by atoms with Crippen LogP contribution in [0.3, 0.4) is 0 Å². The van der Waals surface area contributed by atoms with Gasteiger partial charge in [-0.25, -0.2) is 4.63 Å². The molecule has 1 N–H and O–H groups in total. The standard InChI is InChI=1S/C14H12N4O2S/c19-12(10-21-11-6-2-1-3-7-11)15-13-14(17-20-16-13)18-8-4-5-9-18/h1-9H,10H2,(H,15,16,19). The van der Waals surface area contributed by atoms with E-state index in [1.54, 1.807) is 17.0 Å². The summed E-state index contributed by atoms with van der Waals surface area (Å²) in [7, 11) is 0. The van der Waals surface area contributed by atoms with E-state index in [2.05, 4.69) is 15.6 Å². The minimum absolute atomic E-state index is 0.159. The number of amides is 1. The highest BCUT2D eigenvalue weighted by Gasteiger charge is 2.14. The van der Waals surface area contributed by atoms with Gasteiger partial charge in [-0.3, -0.25) is 4.79 Å². The van der Waals surface area contributed by atoms with Gasteiger partial charge in [-0.1, -0.05) is 18.2 Å². The predicted octanol–water partition coefficient (Wildman–Crippen LogP) is 2.59. The quantitative estimate of drug-likeness (QED) is 0.733. The molecule has 0 aliphatic carbocycles. The molecule has 21 heavy (non-hydrogen) atoms. The monoisotopic (exact) mass is 300 g/mol. The van der Waals surface area contributed by atoms with Crippen molar-refractivity contribution in [3.05, 3.63) is 54.9 Å². The van der Waals surface area contributed by atoms with Crippen LogP contribution in [0.1, 0.15) is 0 Å². The molecule has 2 heterocycles. The number of aromatic nitrogens is 3. The smallest absolute Gasteiger partial charge is 0.236 e. The second-order valence-electron chi connectivity index (χ2n) is 4.18. The van der Waals surface area contributed by atoms with Crippen LogP contribution in [0.15, 0.2) is 64.4 Å². The molecular weight excluding hydrogens is 288 g/mol. The Bertz CT molecular complexity index is 710. The van der Waals surface area contributed by atoms with Crippen LogP contribution in [0.2, 0.25) is 0 Å². The van der Waals surface area contributed by atoms with Crippen LogP contribution in [0.4, 0.5) is 5.82 Å². The molecule has 0 fully saturated rings. The molecule has 0 bridgehead atoms. The summed E-state index contributed by atoms with van der Waals surface area (Å²) >= 11 is 1.46. The summed E-state index contributed by atoms with van der Waals surface area (Å²) in [5.74, 6) is 0.901. The van der Waals surface area contributed by atoms with E-state index in [1.807, 2.05) is 42.5 Å². The van der Waals surface area contributed by atoms with Crippen molar-refractivity contribution in [1.29, 1.82) is 0 Å². The van der Waals surface area contributed by atoms with Gasteiger partial charge in [-0.2, -0.15) is 0 Å². The van der Waals surface area contributed by atoms with Gasteiger partial charge in [0.25, 0.3) is 0 Å². The van der Waals surface area contributed by atoms with E-state index in [9.17, 15) is 4.79 Å². The van der Waals surface area contributed by atoms with E-state index in [4.69, 9.17) is 4.63 Å². The van der Waals surface area contributed by atoms with Crippen molar-refractivity contribution in [2.75, 3.05) is 11.1 Å². The molecule has 0 unspecified atom stereocenters. The van der Waals surface area contributed by atoms with Crippen LogP contribution in [-0.2, 0) is 4.79 Å². The van der Waals surface area contributed by atoms with Gasteiger partial charge in [0.2, 0.25) is 17.5 Å². The Kier molecular flexibility index (Phi) is 4.02. The largest absolute Gasteiger partial charge is 0.304 e. The highest BCUT2D eigenvalue weighted by Crippen LogP contribution is 2.19. The Morgan fingerprint density at radius 3 is 2.67 bits per heavy atom. The van der Waals surface area contributed by atoms with Crippen molar-refractivity contribution < 1.29 is 9.42 Å². The predicted molar refractivity (Wildman–Crippen MR) is 79.4 cm³/mol. The maximum atomic E-state index is 12.0. The van der Waals surface area contributed by atoms with E-state index in [-0.39, 0.29) is 5.91 Å². The molecule has 0 aliphatic rings. The van der Waals surface area contributed by atoms with Gasteiger partial charge >= 0.3 is 0 Å². The molecule has 1 aromatic carbocycles. The van der Waals surface area contributed by atoms with Crippen molar-refractivity contribution in [1.82, 2.24) is 14.9 Å². The Morgan fingerprint density at radius 2 is 1.90 bits per heavy atom. The lowest BCUT2D eigenvalue weighted by atomic mass is 10.4. The first kappa shape index (κ1) is 13.4. The Morgan fingerprint density at radius 1 is 1.14 bits per heavy atom. The molecular formula is C14H12N4O2S. The van der Waals surface area contributed by atoms with E-state index in [0.29, 0.717) is 17.4 Å². The molecule has 1 amide bonds. The van der Waals surface area contributed by atoms with E-state index >= 15 is 0 Å². The Hall–Kier alpha value is -2.54. The number of nitrogens with zero attached hydrogens (tertiary/aromatic N) is 3. The number of hydrogen-bond acceptors (Lipinski definition) is 5. The third-order valence-corrected chi connectivity index (χ3v) is 3.70. The zero-order chi connectivity index (χ0) is 14.5. The fraction of sp³-hybridized carbons (Fsp3) is 0.0714. The molecule has 3 aromatic rings. The number of carbonyl (C=O) groups excluding carboxylic acids is 1. The zero-order valence-corrected chi connectivity index (χ0v) is 11.8. The van der Waals surface area contributed by atoms with Gasteiger partial charge in [-0.05, 0) is 34.6 Å². The van der Waals surface area contributed by atoms with Crippen LogP contribution in [0.25, 0.3) is 5.82 Å². The summed E-state index contributed by atoms with van der Waals surface area (Å²) in [6.07, 6.45) is 3.60. The lowest BCUT2D eigenvalue weighted by molar-refractivity contribution is -0.113. The molecule has 0 saturated carbocycles. The lowest BCUT2D eigenvalue weighted by Crippen LogP contribution is -2.15. The highest BCUT2D eigenvalue weighted by atomic mass is 32.2. The Labute approximate surface area is 125 Å². The normalized spacial score (nSPS) is 10.5. The highest BCUT2D eigenvalue weighted by molar-refractivity contribution is 8.00. The summed E-state index contributed by atoms with van der Waals surface area (Å²) in [5, 5.41) is 10.2. The van der Waals surface area contributed by atoms with Gasteiger partial charge in [0, 0.05) is 17.3 Å². The first-order valence-corrected chi connectivity index (χ1v) is 7.25. The molecule has 0 aliphatic heterocycles. The molecule has 2 aromatic heterocycles. The molecule has 0 radical (unpaired) electrons. The molecule has 0 spiro atoms. The summed E-state index contributed by atoms with van der Waals surface area (Å²) < 4.78 is 6.41. The van der Waals surface area contributed by atoms with Crippen molar-refractivity contribution >= 4 is 23.5 Å². The van der Waals surface area contributed by atoms with Crippen LogP contribution in [0.5, 0.6) is 0 Å². The Balaban J connectivity index is 1.62. The van der Waals surface area contributed by atoms with Crippen LogP contribution in [0, 0.1) is 0 Å². The average Bonchev–Trinajstić information content (AvgIpc) is 3.17. The number of thioether (sulfide) groups is 1. The van der Waals surface area contributed by atoms with Crippen LogP contribution in [-0.4, -0.2) is 26.5 Å². The van der Waals surface area contributed by atoms with Crippen molar-refractivity contribution in [2.45, 2.75) is 4.90 Å². The van der Waals surface area contributed by atoms with Crippen molar-refractivity contribution in [3.8, 4) is 5.82 Å². The second kappa shape index (κ2) is 6.27. The molecule has 6 nitrogen and oxygen atoms in total. The lowest BCUT2D eigenvalue weighted by Gasteiger charge is -2.03. The van der Waals surface area contributed by atoms with E-state index in [1.165, 1.54) is 11.8 Å². The molecule has 3 rings (SSSR count). The number of carbonyl (C=O) groups is 1. The van der Waals surface area contributed by atoms with Gasteiger partial charge in [0.15, 0.2) is 0 Å². The fourth-order valence-corrected chi connectivity index (χ4v) is 2.46. The molecule has 106 valence electrons. The minimum atomic E-state index is -0.159. The van der Waals surface area contributed by atoms with Gasteiger partial charge in [-0.15, -0.1) is 11.8 Å². The number of hydrogen-bond donors (Lipinski definition) is 1. The van der Waals surface area contributed by atoms with Gasteiger partial charge in [0.1, 0.15) is 0 Å². The third kappa shape index (κ3) is 3.32. The maximum absolute atomic E-state index is 12.0. The van der Waals surface area contributed by atoms with Crippen LogP contribution >= 0.6 is 11.8 Å².